The van der Waals surface area contributed by atoms with Crippen molar-refractivity contribution in [2.24, 2.45) is 5.41 Å². The lowest BCUT2D eigenvalue weighted by molar-refractivity contribution is -0.117. The zero-order valence-electron chi connectivity index (χ0n) is 11.0. The van der Waals surface area contributed by atoms with Gasteiger partial charge in [0.25, 0.3) is 0 Å². The monoisotopic (exact) mass is 243 g/mol. The Labute approximate surface area is 104 Å². The van der Waals surface area contributed by atoms with Gasteiger partial charge in [-0.2, -0.15) is 11.8 Å². The molecule has 0 aromatic carbocycles. The molecule has 0 bridgehead atoms. The van der Waals surface area contributed by atoms with Gasteiger partial charge in [0.15, 0.2) is 0 Å². The zero-order chi connectivity index (χ0) is 12.2. The average Bonchev–Trinajstić information content (AvgIpc) is 2.25. The van der Waals surface area contributed by atoms with Crippen molar-refractivity contribution in [3.8, 4) is 0 Å². The number of nitrogens with zero attached hydrogens (tertiary/aromatic N) is 1. The Morgan fingerprint density at radius 1 is 1.50 bits per heavy atom. The van der Waals surface area contributed by atoms with Gasteiger partial charge >= 0.3 is 0 Å². The van der Waals surface area contributed by atoms with Gasteiger partial charge in [-0.15, -0.1) is 0 Å². The van der Waals surface area contributed by atoms with Crippen molar-refractivity contribution in [1.29, 1.82) is 0 Å². The topological polar surface area (TPSA) is 20.3 Å². The first-order chi connectivity index (χ1) is 7.52. The minimum atomic E-state index is -0.148. The molecule has 1 rings (SSSR count). The smallest absolute Gasteiger partial charge is 0.127 e. The van der Waals surface area contributed by atoms with Crippen molar-refractivity contribution < 1.29 is 4.79 Å². The predicted octanol–water partition coefficient (Wildman–Crippen LogP) is 2.82. The van der Waals surface area contributed by atoms with Gasteiger partial charge in [-0.05, 0) is 13.3 Å². The Bertz CT molecular complexity index is 234. The van der Waals surface area contributed by atoms with Crippen molar-refractivity contribution in [3.63, 3.8) is 0 Å². The van der Waals surface area contributed by atoms with Gasteiger partial charge in [0, 0.05) is 35.5 Å². The van der Waals surface area contributed by atoms with Crippen molar-refractivity contribution >= 4 is 18.0 Å². The van der Waals surface area contributed by atoms with Gasteiger partial charge in [0.05, 0.1) is 0 Å². The van der Waals surface area contributed by atoms with Crippen LogP contribution in [0.15, 0.2) is 0 Å². The van der Waals surface area contributed by atoms with E-state index in [4.69, 9.17) is 0 Å². The SMILES string of the molecule is CCCC(C)(C=O)CN1CCSC(C)C1C. The van der Waals surface area contributed by atoms with E-state index < -0.39 is 0 Å². The Hall–Kier alpha value is -0.0200. The third-order valence-electron chi connectivity index (χ3n) is 3.68. The average molecular weight is 243 g/mol. The molecule has 0 N–H and O–H groups in total. The van der Waals surface area contributed by atoms with E-state index in [1.807, 2.05) is 11.8 Å². The molecule has 0 saturated carbocycles. The fourth-order valence-electron chi connectivity index (χ4n) is 2.43. The zero-order valence-corrected chi connectivity index (χ0v) is 11.8. The molecule has 0 spiro atoms. The second-order valence-electron chi connectivity index (χ2n) is 5.31. The predicted molar refractivity (Wildman–Crippen MR) is 72.0 cm³/mol. The summed E-state index contributed by atoms with van der Waals surface area (Å²) in [6.07, 6.45) is 3.25. The van der Waals surface area contributed by atoms with E-state index in [-0.39, 0.29) is 5.41 Å². The van der Waals surface area contributed by atoms with Gasteiger partial charge in [-0.3, -0.25) is 4.90 Å². The molecule has 2 nitrogen and oxygen atoms in total. The highest BCUT2D eigenvalue weighted by Crippen LogP contribution is 2.29. The Morgan fingerprint density at radius 3 is 2.75 bits per heavy atom. The van der Waals surface area contributed by atoms with Crippen LogP contribution in [0.25, 0.3) is 0 Å². The molecule has 0 radical (unpaired) electrons. The maximum Gasteiger partial charge on any atom is 0.127 e. The number of hydrogen-bond acceptors (Lipinski definition) is 3. The van der Waals surface area contributed by atoms with Gasteiger partial charge in [0.2, 0.25) is 0 Å². The van der Waals surface area contributed by atoms with Crippen LogP contribution in [-0.2, 0) is 4.79 Å². The molecule has 0 amide bonds. The second-order valence-corrected chi connectivity index (χ2v) is 6.79. The largest absolute Gasteiger partial charge is 0.303 e. The summed E-state index contributed by atoms with van der Waals surface area (Å²) in [5.41, 5.74) is -0.148. The van der Waals surface area contributed by atoms with Crippen LogP contribution in [0.3, 0.4) is 0 Å². The summed E-state index contributed by atoms with van der Waals surface area (Å²) in [6, 6.07) is 0.592. The fourth-order valence-corrected chi connectivity index (χ4v) is 3.59. The van der Waals surface area contributed by atoms with Gasteiger partial charge in [-0.25, -0.2) is 0 Å². The van der Waals surface area contributed by atoms with E-state index >= 15 is 0 Å². The lowest BCUT2D eigenvalue weighted by atomic mass is 9.86. The summed E-state index contributed by atoms with van der Waals surface area (Å²) >= 11 is 2.05. The van der Waals surface area contributed by atoms with E-state index in [2.05, 4.69) is 32.6 Å². The number of carbonyl (C=O) groups is 1. The van der Waals surface area contributed by atoms with Gasteiger partial charge in [0.1, 0.15) is 6.29 Å². The summed E-state index contributed by atoms with van der Waals surface area (Å²) in [5, 5.41) is 0.686. The molecular weight excluding hydrogens is 218 g/mol. The van der Waals surface area contributed by atoms with Crippen LogP contribution in [0.5, 0.6) is 0 Å². The third-order valence-corrected chi connectivity index (χ3v) is 5.02. The van der Waals surface area contributed by atoms with Crippen LogP contribution in [0.4, 0.5) is 0 Å². The molecule has 0 aromatic rings. The standard InChI is InChI=1S/C13H25NOS/c1-5-6-13(4,10-15)9-14-7-8-16-12(3)11(14)2/h10-12H,5-9H2,1-4H3. The number of rotatable bonds is 5. The second kappa shape index (κ2) is 6.06. The molecule has 0 aromatic heterocycles. The molecule has 1 saturated heterocycles. The summed E-state index contributed by atoms with van der Waals surface area (Å²) in [4.78, 5) is 13.7. The molecule has 3 heteroatoms. The molecule has 1 aliphatic heterocycles. The van der Waals surface area contributed by atoms with E-state index in [0.717, 1.165) is 32.2 Å². The molecular formula is C13H25NOS. The number of hydrogen-bond donors (Lipinski definition) is 0. The van der Waals surface area contributed by atoms with Gasteiger partial charge < -0.3 is 4.79 Å². The molecule has 16 heavy (non-hydrogen) atoms. The minimum Gasteiger partial charge on any atom is -0.303 e. The molecule has 3 atom stereocenters. The Morgan fingerprint density at radius 2 is 2.19 bits per heavy atom. The van der Waals surface area contributed by atoms with Crippen molar-refractivity contribution in [2.45, 2.75) is 51.8 Å². The summed E-state index contributed by atoms with van der Waals surface area (Å²) in [7, 11) is 0. The summed E-state index contributed by atoms with van der Waals surface area (Å²) in [6.45, 7) is 10.9. The molecule has 1 aliphatic rings. The number of carbonyl (C=O) groups excluding carboxylic acids is 1. The summed E-state index contributed by atoms with van der Waals surface area (Å²) < 4.78 is 0. The number of thioether (sulfide) groups is 1. The lowest BCUT2D eigenvalue weighted by Gasteiger charge is -2.41. The highest BCUT2D eigenvalue weighted by atomic mass is 32.2. The van der Waals surface area contributed by atoms with Crippen molar-refractivity contribution in [1.82, 2.24) is 4.90 Å². The maximum atomic E-state index is 11.2. The minimum absolute atomic E-state index is 0.148. The Balaban J connectivity index is 2.60. The maximum absolute atomic E-state index is 11.2. The molecule has 94 valence electrons. The highest BCUT2D eigenvalue weighted by molar-refractivity contribution is 8.00. The van der Waals surface area contributed by atoms with Gasteiger partial charge in [-0.1, -0.05) is 27.2 Å². The quantitative estimate of drug-likeness (QED) is 0.693. The van der Waals surface area contributed by atoms with Crippen LogP contribution in [0, 0.1) is 5.41 Å². The molecule has 3 unspecified atom stereocenters. The molecule has 0 aliphatic carbocycles. The molecule has 1 heterocycles. The first kappa shape index (κ1) is 14.0. The molecule has 1 fully saturated rings. The van der Waals surface area contributed by atoms with Crippen molar-refractivity contribution in [3.05, 3.63) is 0 Å². The van der Waals surface area contributed by atoms with Crippen LogP contribution in [-0.4, -0.2) is 41.3 Å². The normalized spacial score (nSPS) is 31.0. The van der Waals surface area contributed by atoms with E-state index in [1.165, 1.54) is 5.75 Å². The number of aldehydes is 1. The van der Waals surface area contributed by atoms with Crippen LogP contribution >= 0.6 is 11.8 Å². The lowest BCUT2D eigenvalue weighted by Crippen LogP contribution is -2.49. The van der Waals surface area contributed by atoms with Crippen LogP contribution in [0.1, 0.15) is 40.5 Å². The third kappa shape index (κ3) is 3.49. The fraction of sp³-hybridized carbons (Fsp3) is 0.923. The summed E-state index contributed by atoms with van der Waals surface area (Å²) in [5.74, 6) is 1.20. The van der Waals surface area contributed by atoms with E-state index in [0.29, 0.717) is 11.3 Å². The van der Waals surface area contributed by atoms with Crippen LogP contribution in [0.2, 0.25) is 0 Å². The van der Waals surface area contributed by atoms with E-state index in [9.17, 15) is 4.79 Å². The Kier molecular flexibility index (Phi) is 5.32. The highest BCUT2D eigenvalue weighted by Gasteiger charge is 2.31. The first-order valence-electron chi connectivity index (χ1n) is 6.34. The first-order valence-corrected chi connectivity index (χ1v) is 7.39. The van der Waals surface area contributed by atoms with Crippen molar-refractivity contribution in [2.75, 3.05) is 18.8 Å². The van der Waals surface area contributed by atoms with Crippen LogP contribution < -0.4 is 0 Å². The van der Waals surface area contributed by atoms with E-state index in [1.54, 1.807) is 0 Å².